The molecule has 1 heterocycles. The highest BCUT2D eigenvalue weighted by atomic mass is 32.2. The van der Waals surface area contributed by atoms with Crippen molar-refractivity contribution in [3.8, 4) is 0 Å². The van der Waals surface area contributed by atoms with Crippen LogP contribution in [0, 0.1) is 5.92 Å². The summed E-state index contributed by atoms with van der Waals surface area (Å²) in [4.78, 5) is 0. The van der Waals surface area contributed by atoms with E-state index < -0.39 is 9.84 Å². The van der Waals surface area contributed by atoms with Crippen LogP contribution in [0.3, 0.4) is 0 Å². The molecule has 20 heavy (non-hydrogen) atoms. The maximum atomic E-state index is 12.6. The maximum absolute atomic E-state index is 12.6. The molecule has 3 unspecified atom stereocenters. The summed E-state index contributed by atoms with van der Waals surface area (Å²) < 4.78 is 25.2. The van der Waals surface area contributed by atoms with Crippen LogP contribution in [0.2, 0.25) is 0 Å². The van der Waals surface area contributed by atoms with E-state index in [-0.39, 0.29) is 17.2 Å². The van der Waals surface area contributed by atoms with E-state index in [0.29, 0.717) is 5.75 Å². The average molecular weight is 301 g/mol. The predicted octanol–water partition coefficient (Wildman–Crippen LogP) is 3.29. The fourth-order valence-corrected chi connectivity index (χ4v) is 6.17. The molecule has 2 rings (SSSR count). The highest BCUT2D eigenvalue weighted by Crippen LogP contribution is 2.25. The molecule has 3 atom stereocenters. The van der Waals surface area contributed by atoms with Gasteiger partial charge in [-0.15, -0.1) is 0 Å². The molecule has 4 heteroatoms. The second kappa shape index (κ2) is 7.79. The van der Waals surface area contributed by atoms with E-state index in [2.05, 4.69) is 12.2 Å². The van der Waals surface area contributed by atoms with Crippen molar-refractivity contribution in [1.29, 1.82) is 0 Å². The lowest BCUT2D eigenvalue weighted by molar-refractivity contribution is 0.399. The lowest BCUT2D eigenvalue weighted by atomic mass is 9.97. The smallest absolute Gasteiger partial charge is 0.155 e. The highest BCUT2D eigenvalue weighted by Gasteiger charge is 2.36. The van der Waals surface area contributed by atoms with Crippen LogP contribution >= 0.6 is 0 Å². The average Bonchev–Trinajstić information content (AvgIpc) is 2.46. The van der Waals surface area contributed by atoms with Gasteiger partial charge in [0.15, 0.2) is 9.84 Å². The van der Waals surface area contributed by atoms with Crippen molar-refractivity contribution in [3.05, 3.63) is 0 Å². The predicted molar refractivity (Wildman–Crippen MR) is 84.7 cm³/mol. The first-order valence-electron chi connectivity index (χ1n) is 8.54. The summed E-state index contributed by atoms with van der Waals surface area (Å²) >= 11 is 0. The molecule has 0 bridgehead atoms. The summed E-state index contributed by atoms with van der Waals surface area (Å²) in [5, 5.41) is 3.43. The van der Waals surface area contributed by atoms with Crippen LogP contribution in [0.5, 0.6) is 0 Å². The Morgan fingerprint density at radius 3 is 2.05 bits per heavy atom. The molecular formula is C16H31NO2S. The fourth-order valence-electron chi connectivity index (χ4n) is 3.75. The van der Waals surface area contributed by atoms with Crippen LogP contribution in [0.15, 0.2) is 0 Å². The van der Waals surface area contributed by atoms with E-state index >= 15 is 0 Å². The van der Waals surface area contributed by atoms with E-state index in [1.165, 1.54) is 44.9 Å². The Hall–Kier alpha value is -0.0900. The van der Waals surface area contributed by atoms with Crippen LogP contribution in [-0.4, -0.2) is 32.0 Å². The van der Waals surface area contributed by atoms with E-state index in [1.807, 2.05) is 0 Å². The van der Waals surface area contributed by atoms with Crippen LogP contribution in [0.1, 0.15) is 71.1 Å². The molecule has 2 fully saturated rings. The molecule has 2 aliphatic rings. The van der Waals surface area contributed by atoms with Gasteiger partial charge in [0, 0.05) is 6.04 Å². The summed E-state index contributed by atoms with van der Waals surface area (Å²) in [7, 11) is -2.92. The molecule has 1 saturated carbocycles. The van der Waals surface area contributed by atoms with Gasteiger partial charge in [-0.05, 0) is 25.3 Å². The standard InChI is InChI=1S/C16H31NO2S/c1-14-12-17-15-10-8-6-4-2-3-5-7-9-11-16(15)20(18,19)13-14/h14-17H,2-13H2,1H3. The Bertz CT molecular complexity index is 380. The summed E-state index contributed by atoms with van der Waals surface area (Å²) in [5.41, 5.74) is 0. The van der Waals surface area contributed by atoms with Crippen LogP contribution in [0.25, 0.3) is 0 Å². The molecule has 118 valence electrons. The number of hydrogen-bond donors (Lipinski definition) is 1. The van der Waals surface area contributed by atoms with Crippen LogP contribution < -0.4 is 5.32 Å². The number of sulfone groups is 1. The largest absolute Gasteiger partial charge is 0.312 e. The van der Waals surface area contributed by atoms with E-state index in [4.69, 9.17) is 0 Å². The molecule has 0 aromatic heterocycles. The van der Waals surface area contributed by atoms with Crippen molar-refractivity contribution in [2.45, 2.75) is 82.4 Å². The van der Waals surface area contributed by atoms with Crippen molar-refractivity contribution in [2.24, 2.45) is 5.92 Å². The van der Waals surface area contributed by atoms with E-state index in [1.54, 1.807) is 0 Å². The Morgan fingerprint density at radius 2 is 1.40 bits per heavy atom. The van der Waals surface area contributed by atoms with Crippen molar-refractivity contribution in [3.63, 3.8) is 0 Å². The van der Waals surface area contributed by atoms with Gasteiger partial charge in [-0.25, -0.2) is 8.42 Å². The van der Waals surface area contributed by atoms with Crippen molar-refractivity contribution in [2.75, 3.05) is 12.3 Å². The zero-order valence-corrected chi connectivity index (χ0v) is 13.8. The van der Waals surface area contributed by atoms with Gasteiger partial charge >= 0.3 is 0 Å². The molecule has 1 aliphatic heterocycles. The first kappa shape index (κ1) is 16.3. The Balaban J connectivity index is 2.08. The monoisotopic (exact) mass is 301 g/mol. The fraction of sp³-hybridized carbons (Fsp3) is 1.00. The van der Waals surface area contributed by atoms with Gasteiger partial charge in [0.2, 0.25) is 0 Å². The zero-order chi connectivity index (χ0) is 14.4. The van der Waals surface area contributed by atoms with Crippen LogP contribution in [0.4, 0.5) is 0 Å². The lowest BCUT2D eigenvalue weighted by Crippen LogP contribution is -2.42. The molecule has 1 N–H and O–H groups in total. The third kappa shape index (κ3) is 4.73. The molecule has 0 radical (unpaired) electrons. The topological polar surface area (TPSA) is 46.2 Å². The normalized spacial score (nSPS) is 37.0. The van der Waals surface area contributed by atoms with Gasteiger partial charge < -0.3 is 5.32 Å². The quantitative estimate of drug-likeness (QED) is 0.747. The number of rotatable bonds is 0. The molecule has 0 spiro atoms. The third-order valence-electron chi connectivity index (χ3n) is 4.91. The van der Waals surface area contributed by atoms with Crippen molar-refractivity contribution < 1.29 is 8.42 Å². The van der Waals surface area contributed by atoms with Gasteiger partial charge in [0.05, 0.1) is 11.0 Å². The highest BCUT2D eigenvalue weighted by molar-refractivity contribution is 7.92. The molecular weight excluding hydrogens is 270 g/mol. The van der Waals surface area contributed by atoms with E-state index in [0.717, 1.165) is 25.8 Å². The van der Waals surface area contributed by atoms with Gasteiger partial charge in [0.25, 0.3) is 0 Å². The Labute approximate surface area is 124 Å². The first-order valence-corrected chi connectivity index (χ1v) is 10.3. The lowest BCUT2D eigenvalue weighted by Gasteiger charge is -2.26. The maximum Gasteiger partial charge on any atom is 0.155 e. The zero-order valence-electron chi connectivity index (χ0n) is 12.9. The Morgan fingerprint density at radius 1 is 0.850 bits per heavy atom. The molecule has 0 aromatic rings. The summed E-state index contributed by atoms with van der Waals surface area (Å²) in [6, 6.07) is 0.198. The van der Waals surface area contributed by atoms with Gasteiger partial charge in [-0.1, -0.05) is 58.3 Å². The number of nitrogens with one attached hydrogen (secondary N) is 1. The molecule has 0 amide bonds. The minimum atomic E-state index is -2.92. The van der Waals surface area contributed by atoms with Crippen molar-refractivity contribution >= 4 is 9.84 Å². The second-order valence-electron chi connectivity index (χ2n) is 6.89. The summed E-state index contributed by atoms with van der Waals surface area (Å²) in [6.07, 6.45) is 11.9. The molecule has 3 nitrogen and oxygen atoms in total. The van der Waals surface area contributed by atoms with Gasteiger partial charge in [-0.2, -0.15) is 0 Å². The molecule has 0 aromatic carbocycles. The van der Waals surface area contributed by atoms with Gasteiger partial charge in [-0.3, -0.25) is 0 Å². The number of fused-ring (bicyclic) bond motifs is 1. The third-order valence-corrected chi connectivity index (χ3v) is 7.43. The Kier molecular flexibility index (Phi) is 6.34. The molecule has 1 aliphatic carbocycles. The summed E-state index contributed by atoms with van der Waals surface area (Å²) in [6.45, 7) is 2.92. The summed E-state index contributed by atoms with van der Waals surface area (Å²) in [5.74, 6) is 0.629. The van der Waals surface area contributed by atoms with E-state index in [9.17, 15) is 8.42 Å². The second-order valence-corrected chi connectivity index (χ2v) is 9.16. The van der Waals surface area contributed by atoms with Crippen LogP contribution in [-0.2, 0) is 9.84 Å². The first-order chi connectivity index (χ1) is 9.59. The minimum Gasteiger partial charge on any atom is -0.312 e. The number of hydrogen-bond acceptors (Lipinski definition) is 3. The molecule has 1 saturated heterocycles. The SMILES string of the molecule is CC1CNC2CCCCCCCCCCC2S(=O)(=O)C1. The van der Waals surface area contributed by atoms with Crippen molar-refractivity contribution in [1.82, 2.24) is 5.32 Å². The minimum absolute atomic E-state index is 0.133. The van der Waals surface area contributed by atoms with Gasteiger partial charge in [0.1, 0.15) is 0 Å².